The molecule has 3 aromatic rings. The van der Waals surface area contributed by atoms with Gasteiger partial charge in [0, 0.05) is 18.9 Å². The number of hydrogen-bond donors (Lipinski definition) is 1. The summed E-state index contributed by atoms with van der Waals surface area (Å²) in [6, 6.07) is 8.06. The van der Waals surface area contributed by atoms with E-state index in [1.807, 2.05) is 6.92 Å². The molecule has 0 bridgehead atoms. The molecule has 0 spiro atoms. The molecule has 0 fully saturated rings. The molecule has 0 atom stereocenters. The molecule has 0 aliphatic carbocycles. The highest BCUT2D eigenvalue weighted by molar-refractivity contribution is 7.89. The number of sulfonamides is 1. The van der Waals surface area contributed by atoms with E-state index >= 15 is 0 Å². The predicted octanol–water partition coefficient (Wildman–Crippen LogP) is 2.32. The van der Waals surface area contributed by atoms with E-state index in [0.29, 0.717) is 23.7 Å². The van der Waals surface area contributed by atoms with E-state index in [0.717, 1.165) is 5.56 Å². The Bertz CT molecular complexity index is 987. The van der Waals surface area contributed by atoms with Crippen LogP contribution in [0.4, 0.5) is 0 Å². The third-order valence-corrected chi connectivity index (χ3v) is 4.91. The Hall–Kier alpha value is -2.78. The highest BCUT2D eigenvalue weighted by atomic mass is 32.2. The third-order valence-electron chi connectivity index (χ3n) is 3.51. The molecule has 0 aliphatic heterocycles. The van der Waals surface area contributed by atoms with E-state index in [1.165, 1.54) is 12.1 Å². The summed E-state index contributed by atoms with van der Waals surface area (Å²) in [6.07, 6.45) is 3.23. The van der Waals surface area contributed by atoms with E-state index in [9.17, 15) is 8.42 Å². The van der Waals surface area contributed by atoms with Crippen LogP contribution in [-0.2, 0) is 16.6 Å². The molecule has 26 heavy (non-hydrogen) atoms. The number of hydrogen-bond acceptors (Lipinski definition) is 7. The van der Waals surface area contributed by atoms with Gasteiger partial charge < -0.3 is 9.26 Å². The second-order valence-electron chi connectivity index (χ2n) is 5.42. The second-order valence-corrected chi connectivity index (χ2v) is 7.19. The van der Waals surface area contributed by atoms with E-state index in [2.05, 4.69) is 19.8 Å². The molecule has 2 heterocycles. The van der Waals surface area contributed by atoms with Crippen LogP contribution in [0, 0.1) is 6.92 Å². The fraction of sp³-hybridized carbons (Fsp3) is 0.235. The van der Waals surface area contributed by atoms with Crippen molar-refractivity contribution in [2.45, 2.75) is 25.3 Å². The van der Waals surface area contributed by atoms with Crippen molar-refractivity contribution in [1.82, 2.24) is 19.8 Å². The molecule has 9 heteroatoms. The van der Waals surface area contributed by atoms with Crippen molar-refractivity contribution in [3.05, 3.63) is 54.1 Å². The van der Waals surface area contributed by atoms with Crippen molar-refractivity contribution in [2.75, 3.05) is 6.61 Å². The molecule has 0 amide bonds. The lowest BCUT2D eigenvalue weighted by Crippen LogP contribution is -2.23. The molecular formula is C17H18N4O4S. The van der Waals surface area contributed by atoms with Gasteiger partial charge in [-0.3, -0.25) is 4.98 Å². The van der Waals surface area contributed by atoms with Crippen molar-refractivity contribution in [2.24, 2.45) is 0 Å². The molecule has 2 aromatic heterocycles. The number of pyridine rings is 1. The topological polar surface area (TPSA) is 107 Å². The molecule has 1 aromatic carbocycles. The normalized spacial score (nSPS) is 11.5. The monoisotopic (exact) mass is 374 g/mol. The summed E-state index contributed by atoms with van der Waals surface area (Å²) in [6.45, 7) is 4.08. The summed E-state index contributed by atoms with van der Waals surface area (Å²) in [7, 11) is -3.74. The summed E-state index contributed by atoms with van der Waals surface area (Å²) in [5, 5.41) is 3.75. The summed E-state index contributed by atoms with van der Waals surface area (Å²) >= 11 is 0. The molecular weight excluding hydrogens is 356 g/mol. The quantitative estimate of drug-likeness (QED) is 0.676. The minimum absolute atomic E-state index is 0.0793. The zero-order valence-electron chi connectivity index (χ0n) is 14.3. The van der Waals surface area contributed by atoms with Crippen molar-refractivity contribution in [1.29, 1.82) is 0 Å². The summed E-state index contributed by atoms with van der Waals surface area (Å²) in [4.78, 5) is 8.21. The Balaban J connectivity index is 1.91. The summed E-state index contributed by atoms with van der Waals surface area (Å²) < 4.78 is 38.5. The maximum Gasteiger partial charge on any atom is 0.261 e. The van der Waals surface area contributed by atoms with Gasteiger partial charge in [0.15, 0.2) is 5.82 Å². The van der Waals surface area contributed by atoms with Gasteiger partial charge >= 0.3 is 0 Å². The minimum atomic E-state index is -3.74. The van der Waals surface area contributed by atoms with Crippen LogP contribution in [0.3, 0.4) is 0 Å². The van der Waals surface area contributed by atoms with Crippen LogP contribution < -0.4 is 9.46 Å². The molecule has 1 N–H and O–H groups in total. The van der Waals surface area contributed by atoms with Crippen LogP contribution in [0.15, 0.2) is 52.1 Å². The lowest BCUT2D eigenvalue weighted by Gasteiger charge is -2.11. The predicted molar refractivity (Wildman–Crippen MR) is 93.9 cm³/mol. The number of ether oxygens (including phenoxy) is 1. The number of nitrogens with one attached hydrogen (secondary N) is 1. The van der Waals surface area contributed by atoms with Crippen LogP contribution >= 0.6 is 0 Å². The Morgan fingerprint density at radius 3 is 2.77 bits per heavy atom. The zero-order valence-corrected chi connectivity index (χ0v) is 15.2. The Morgan fingerprint density at radius 1 is 1.27 bits per heavy atom. The molecule has 0 unspecified atom stereocenters. The van der Waals surface area contributed by atoms with Gasteiger partial charge in [-0.2, -0.15) is 4.98 Å². The van der Waals surface area contributed by atoms with Gasteiger partial charge in [0.25, 0.3) is 5.89 Å². The van der Waals surface area contributed by atoms with E-state index in [1.54, 1.807) is 37.5 Å². The van der Waals surface area contributed by atoms with Gasteiger partial charge in [-0.15, -0.1) is 0 Å². The lowest BCUT2D eigenvalue weighted by molar-refractivity contribution is 0.339. The molecule has 3 rings (SSSR count). The fourth-order valence-corrected chi connectivity index (χ4v) is 3.34. The Labute approximate surface area is 151 Å². The SMILES string of the molecule is CCOc1ccc(S(=O)(=O)NCc2cccnc2)cc1-c1nc(C)no1. The van der Waals surface area contributed by atoms with Crippen molar-refractivity contribution >= 4 is 10.0 Å². The molecule has 0 aliphatic rings. The van der Waals surface area contributed by atoms with E-state index < -0.39 is 10.0 Å². The highest BCUT2D eigenvalue weighted by Gasteiger charge is 2.20. The maximum atomic E-state index is 12.6. The van der Waals surface area contributed by atoms with Gasteiger partial charge in [-0.1, -0.05) is 11.2 Å². The third kappa shape index (κ3) is 4.06. The fourth-order valence-electron chi connectivity index (χ4n) is 2.30. The molecule has 0 radical (unpaired) electrons. The molecule has 8 nitrogen and oxygen atoms in total. The van der Waals surface area contributed by atoms with Crippen LogP contribution in [0.1, 0.15) is 18.3 Å². The summed E-state index contributed by atoms with van der Waals surface area (Å²) in [5.74, 6) is 1.13. The first-order valence-corrected chi connectivity index (χ1v) is 9.44. The largest absolute Gasteiger partial charge is 0.493 e. The lowest BCUT2D eigenvalue weighted by atomic mass is 10.2. The second kappa shape index (κ2) is 7.63. The number of aryl methyl sites for hydroxylation is 1. The van der Waals surface area contributed by atoms with Gasteiger partial charge in [-0.05, 0) is 43.7 Å². The smallest absolute Gasteiger partial charge is 0.261 e. The van der Waals surface area contributed by atoms with Crippen LogP contribution in [0.2, 0.25) is 0 Å². The van der Waals surface area contributed by atoms with Gasteiger partial charge in [0.05, 0.1) is 17.1 Å². The Morgan fingerprint density at radius 2 is 2.12 bits per heavy atom. The first-order chi connectivity index (χ1) is 12.5. The van der Waals surface area contributed by atoms with E-state index in [4.69, 9.17) is 9.26 Å². The number of aromatic nitrogens is 3. The molecule has 0 saturated carbocycles. The average molecular weight is 374 g/mol. The van der Waals surface area contributed by atoms with Crippen LogP contribution in [-0.4, -0.2) is 30.1 Å². The first-order valence-electron chi connectivity index (χ1n) is 7.95. The minimum Gasteiger partial charge on any atom is -0.493 e. The highest BCUT2D eigenvalue weighted by Crippen LogP contribution is 2.31. The van der Waals surface area contributed by atoms with Crippen molar-refractivity contribution in [3.8, 4) is 17.2 Å². The average Bonchev–Trinajstić information content (AvgIpc) is 3.08. The van der Waals surface area contributed by atoms with Crippen molar-refractivity contribution in [3.63, 3.8) is 0 Å². The standard InChI is InChI=1S/C17H18N4O4S/c1-3-24-16-7-6-14(9-15(16)17-20-12(2)21-25-17)26(22,23)19-11-13-5-4-8-18-10-13/h4-10,19H,3,11H2,1-2H3. The number of benzene rings is 1. The van der Waals surface area contributed by atoms with E-state index in [-0.39, 0.29) is 17.3 Å². The first kappa shape index (κ1) is 18.0. The molecule has 0 saturated heterocycles. The number of nitrogens with zero attached hydrogens (tertiary/aromatic N) is 3. The molecule has 136 valence electrons. The van der Waals surface area contributed by atoms with Crippen LogP contribution in [0.25, 0.3) is 11.5 Å². The van der Waals surface area contributed by atoms with Crippen LogP contribution in [0.5, 0.6) is 5.75 Å². The maximum absolute atomic E-state index is 12.6. The number of rotatable bonds is 7. The zero-order chi connectivity index (χ0) is 18.6. The van der Waals surface area contributed by atoms with Crippen molar-refractivity contribution < 1.29 is 17.7 Å². The summed E-state index contributed by atoms with van der Waals surface area (Å²) in [5.41, 5.74) is 1.19. The Kier molecular flexibility index (Phi) is 5.29. The van der Waals surface area contributed by atoms with Gasteiger partial charge in [0.1, 0.15) is 5.75 Å². The van der Waals surface area contributed by atoms with Gasteiger partial charge in [0.2, 0.25) is 10.0 Å². The van der Waals surface area contributed by atoms with Gasteiger partial charge in [-0.25, -0.2) is 13.1 Å².